The van der Waals surface area contributed by atoms with Crippen molar-refractivity contribution in [3.8, 4) is 22.3 Å². The molecular weight excluding hydrogens is 836 g/mol. The van der Waals surface area contributed by atoms with E-state index < -0.39 is 0 Å². The zero-order chi connectivity index (χ0) is 34.5. The van der Waals surface area contributed by atoms with Gasteiger partial charge in [-0.05, 0) is 59.0 Å². The summed E-state index contributed by atoms with van der Waals surface area (Å²) in [4.78, 5) is 13.6. The molecule has 7 aromatic rings. The van der Waals surface area contributed by atoms with E-state index in [9.17, 15) is 0 Å². The van der Waals surface area contributed by atoms with Crippen LogP contribution in [0.5, 0.6) is 0 Å². The molecule has 0 fully saturated rings. The Kier molecular flexibility index (Phi) is 9.03. The molecule has 0 bridgehead atoms. The van der Waals surface area contributed by atoms with Gasteiger partial charge >= 0.3 is 0 Å². The Morgan fingerprint density at radius 1 is 0.558 bits per heavy atom. The smallest absolute Gasteiger partial charge is 0.135 e. The Labute approximate surface area is 325 Å². The van der Waals surface area contributed by atoms with Crippen molar-refractivity contribution in [2.45, 2.75) is 36.0 Å². The second kappa shape index (κ2) is 13.8. The van der Waals surface area contributed by atoms with Gasteiger partial charge in [-0.3, -0.25) is 0 Å². The maximum Gasteiger partial charge on any atom is 0.135 e. The van der Waals surface area contributed by atoms with E-state index in [1.54, 1.807) is 11.8 Å². The van der Waals surface area contributed by atoms with Gasteiger partial charge in [0.05, 0.1) is 5.69 Å². The first-order chi connectivity index (χ1) is 24.9. The van der Waals surface area contributed by atoms with Gasteiger partial charge in [0.25, 0.3) is 0 Å². The van der Waals surface area contributed by atoms with Gasteiger partial charge < -0.3 is 14.7 Å². The first-order valence-electron chi connectivity index (χ1n) is 17.2. The number of aromatic nitrogens is 1. The van der Waals surface area contributed by atoms with Crippen LogP contribution in [-0.2, 0) is 26.5 Å². The van der Waals surface area contributed by atoms with Gasteiger partial charge in [0, 0.05) is 49.9 Å². The molecule has 3 heterocycles. The fourth-order valence-corrected chi connectivity index (χ4v) is 7.82. The number of benzene rings is 6. The van der Waals surface area contributed by atoms with Gasteiger partial charge in [-0.25, -0.2) is 4.98 Å². The minimum atomic E-state index is 0. The molecule has 0 spiro atoms. The number of pyridine rings is 1. The summed E-state index contributed by atoms with van der Waals surface area (Å²) in [6.07, 6.45) is 1.85. The van der Waals surface area contributed by atoms with Gasteiger partial charge in [0.15, 0.2) is 0 Å². The van der Waals surface area contributed by atoms with Crippen LogP contribution < -0.4 is 14.7 Å². The minimum Gasteiger partial charge on any atom is -0.493 e. The van der Waals surface area contributed by atoms with Crippen LogP contribution in [0.3, 0.4) is 0 Å². The molecule has 0 atom stereocenters. The molecule has 0 N–H and O–H groups in total. The molecule has 6 aromatic carbocycles. The number of hydrogen-bond acceptors (Lipinski definition) is 5. The van der Waals surface area contributed by atoms with E-state index in [4.69, 9.17) is 4.98 Å². The van der Waals surface area contributed by atoms with Crippen molar-refractivity contribution < 1.29 is 21.1 Å². The number of fused-ring (bicyclic) bond motifs is 6. The first kappa shape index (κ1) is 34.0. The molecule has 0 radical (unpaired) electrons. The van der Waals surface area contributed by atoms with Gasteiger partial charge in [-0.15, -0.1) is 57.7 Å². The monoisotopic (exact) mass is 870 g/mol. The normalized spacial score (nSPS) is 13.0. The number of para-hydroxylation sites is 3. The van der Waals surface area contributed by atoms with Crippen molar-refractivity contribution in [1.82, 2.24) is 4.98 Å². The van der Waals surface area contributed by atoms with Crippen molar-refractivity contribution in [3.05, 3.63) is 176 Å². The second-order valence-corrected chi connectivity index (χ2v) is 14.9. The Morgan fingerprint density at radius 3 is 1.90 bits per heavy atom. The van der Waals surface area contributed by atoms with Gasteiger partial charge in [-0.2, -0.15) is 24.3 Å². The average molecular weight is 871 g/mol. The van der Waals surface area contributed by atoms with Crippen LogP contribution in [0.2, 0.25) is 0 Å². The molecule has 0 unspecified atom stereocenters. The summed E-state index contributed by atoms with van der Waals surface area (Å²) in [5, 5.41) is 0. The van der Waals surface area contributed by atoms with Gasteiger partial charge in [0.1, 0.15) is 5.82 Å². The summed E-state index contributed by atoms with van der Waals surface area (Å²) in [5.41, 5.74) is 12.5. The van der Waals surface area contributed by atoms with Crippen LogP contribution in [0.1, 0.15) is 26.3 Å². The summed E-state index contributed by atoms with van der Waals surface area (Å²) >= 11 is 1.67. The third-order valence-corrected chi connectivity index (χ3v) is 10.4. The molecule has 258 valence electrons. The van der Waals surface area contributed by atoms with Crippen molar-refractivity contribution in [2.75, 3.05) is 14.7 Å². The molecular formula is C46H35N4PtS-3. The van der Waals surface area contributed by atoms with Crippen LogP contribution in [0.4, 0.5) is 39.9 Å². The van der Waals surface area contributed by atoms with E-state index in [1.165, 1.54) is 22.3 Å². The SMILES string of the molecule is CC(C)(C)c1ccc(N2[CH-]N(c3[c-]c(Sc4[c-]c5c(cc4)-c4ccccc4-c4ccccc4N5c4ccccn4)ccc3)c3ccccc32)cc1.[Pt]. The van der Waals surface area contributed by atoms with E-state index in [2.05, 4.69) is 188 Å². The minimum absolute atomic E-state index is 0. The second-order valence-electron chi connectivity index (χ2n) is 13.8. The molecule has 2 aliphatic rings. The van der Waals surface area contributed by atoms with E-state index in [0.29, 0.717) is 0 Å². The van der Waals surface area contributed by atoms with Crippen molar-refractivity contribution in [1.29, 1.82) is 0 Å². The Bertz CT molecular complexity index is 2390. The molecule has 0 saturated carbocycles. The molecule has 2 aliphatic heterocycles. The number of nitrogens with zero attached hydrogens (tertiary/aromatic N) is 4. The fraction of sp³-hybridized carbons (Fsp3) is 0.0870. The van der Waals surface area contributed by atoms with Crippen LogP contribution in [0, 0.1) is 18.8 Å². The predicted octanol–water partition coefficient (Wildman–Crippen LogP) is 12.7. The van der Waals surface area contributed by atoms with Crippen LogP contribution in [0.25, 0.3) is 22.3 Å². The number of rotatable bonds is 5. The summed E-state index contributed by atoms with van der Waals surface area (Å²) < 4.78 is 0. The van der Waals surface area contributed by atoms with Crippen LogP contribution >= 0.6 is 11.8 Å². The third kappa shape index (κ3) is 6.12. The van der Waals surface area contributed by atoms with Gasteiger partial charge in [-0.1, -0.05) is 105 Å². The summed E-state index contributed by atoms with van der Waals surface area (Å²) in [6.45, 7) is 8.92. The first-order valence-corrected chi connectivity index (χ1v) is 18.0. The Morgan fingerprint density at radius 2 is 1.19 bits per heavy atom. The van der Waals surface area contributed by atoms with E-state index in [-0.39, 0.29) is 26.5 Å². The number of hydrogen-bond donors (Lipinski definition) is 0. The van der Waals surface area contributed by atoms with E-state index in [1.807, 2.05) is 18.3 Å². The zero-order valence-corrected chi connectivity index (χ0v) is 32.1. The molecule has 52 heavy (non-hydrogen) atoms. The topological polar surface area (TPSA) is 22.6 Å². The van der Waals surface area contributed by atoms with Crippen LogP contribution in [0.15, 0.2) is 162 Å². The summed E-state index contributed by atoms with van der Waals surface area (Å²) in [5.74, 6) is 0.854. The van der Waals surface area contributed by atoms with Crippen molar-refractivity contribution in [2.24, 2.45) is 0 Å². The number of anilines is 7. The summed E-state index contributed by atoms with van der Waals surface area (Å²) in [6, 6.07) is 59.0. The van der Waals surface area contributed by atoms with Gasteiger partial charge in [0.2, 0.25) is 0 Å². The fourth-order valence-electron chi connectivity index (χ4n) is 7.00. The largest absolute Gasteiger partial charge is 0.493 e. The zero-order valence-electron chi connectivity index (χ0n) is 29.0. The molecule has 9 rings (SSSR count). The average Bonchev–Trinajstić information content (AvgIpc) is 3.50. The molecule has 1 aromatic heterocycles. The molecule has 0 aliphatic carbocycles. The van der Waals surface area contributed by atoms with E-state index >= 15 is 0 Å². The quantitative estimate of drug-likeness (QED) is 0.160. The Balaban J connectivity index is 0.00000387. The van der Waals surface area contributed by atoms with Crippen molar-refractivity contribution in [3.63, 3.8) is 0 Å². The Hall–Kier alpha value is -5.09. The standard InChI is InChI=1S/C46H35N4S.Pt/c1-46(2,3)32-22-24-33(25-23-32)48-31-49(43-20-9-8-19-42(43)48)34-13-12-14-35(29-34)51-36-26-27-40-38-16-5-4-15-37(38)39-17-6-7-18-41(39)50(44(40)30-36)45-21-10-11-28-47-45;/h4-28,31H,1-3H3;/q-3;. The maximum absolute atomic E-state index is 4.82. The molecule has 0 amide bonds. The van der Waals surface area contributed by atoms with Crippen LogP contribution in [-0.4, -0.2) is 4.98 Å². The molecule has 6 heteroatoms. The third-order valence-electron chi connectivity index (χ3n) is 9.53. The van der Waals surface area contributed by atoms with E-state index in [0.717, 1.165) is 55.3 Å². The predicted molar refractivity (Wildman–Crippen MR) is 212 cm³/mol. The maximum atomic E-state index is 4.82. The van der Waals surface area contributed by atoms with Crippen molar-refractivity contribution >= 4 is 51.7 Å². The summed E-state index contributed by atoms with van der Waals surface area (Å²) in [7, 11) is 0. The molecule has 4 nitrogen and oxygen atoms in total. The molecule has 0 saturated heterocycles.